The summed E-state index contributed by atoms with van der Waals surface area (Å²) in [6.45, 7) is 0. The highest BCUT2D eigenvalue weighted by Crippen LogP contribution is 2.32. The first kappa shape index (κ1) is 12.5. The van der Waals surface area contributed by atoms with Crippen LogP contribution in [0.2, 0.25) is 0 Å². The molecule has 0 radical (unpaired) electrons. The van der Waals surface area contributed by atoms with Crippen LogP contribution in [0.25, 0.3) is 11.4 Å². The number of aromatic nitrogens is 4. The minimum absolute atomic E-state index is 0.323. The van der Waals surface area contributed by atoms with Gasteiger partial charge in [-0.15, -0.1) is 0 Å². The van der Waals surface area contributed by atoms with Crippen LogP contribution in [0.3, 0.4) is 0 Å². The Balaban J connectivity index is 1.78. The van der Waals surface area contributed by atoms with Crippen LogP contribution in [0, 0.1) is 4.77 Å². The van der Waals surface area contributed by atoms with Crippen molar-refractivity contribution in [3.05, 3.63) is 64.7 Å². The highest BCUT2D eigenvalue weighted by Gasteiger charge is 2.25. The lowest BCUT2D eigenvalue weighted by Crippen LogP contribution is -2.11. The molecule has 0 aliphatic heterocycles. The minimum atomic E-state index is 0.323. The maximum absolute atomic E-state index is 5.44. The topological polar surface area (TPSA) is 46.5 Å². The number of hydrogen-bond donors (Lipinski definition) is 1. The van der Waals surface area contributed by atoms with Gasteiger partial charge in [0, 0.05) is 24.0 Å². The van der Waals surface area contributed by atoms with E-state index in [0.29, 0.717) is 10.8 Å². The predicted molar refractivity (Wildman–Crippen MR) is 83.5 cm³/mol. The summed E-state index contributed by atoms with van der Waals surface area (Å²) in [6.07, 6.45) is 5.58. The van der Waals surface area contributed by atoms with Gasteiger partial charge >= 0.3 is 0 Å². The summed E-state index contributed by atoms with van der Waals surface area (Å²) in [5, 5.41) is 7.33. The van der Waals surface area contributed by atoms with Crippen molar-refractivity contribution in [2.45, 2.75) is 18.9 Å². The normalized spacial score (nSPS) is 14.3. The van der Waals surface area contributed by atoms with E-state index in [1.54, 1.807) is 6.20 Å². The van der Waals surface area contributed by atoms with Crippen molar-refractivity contribution in [2.75, 3.05) is 0 Å². The fourth-order valence-electron chi connectivity index (χ4n) is 3.06. The molecule has 0 spiro atoms. The Morgan fingerprint density at radius 3 is 2.52 bits per heavy atom. The second-order valence-electron chi connectivity index (χ2n) is 5.29. The number of hydrogen-bond acceptors (Lipinski definition) is 3. The second kappa shape index (κ2) is 4.93. The Morgan fingerprint density at radius 1 is 1.10 bits per heavy atom. The fourth-order valence-corrected chi connectivity index (χ4v) is 3.34. The molecule has 2 aromatic heterocycles. The van der Waals surface area contributed by atoms with Crippen molar-refractivity contribution in [3.8, 4) is 11.4 Å². The monoisotopic (exact) mass is 294 g/mol. The van der Waals surface area contributed by atoms with E-state index in [9.17, 15) is 0 Å². The molecule has 4 rings (SSSR count). The molecule has 0 fully saturated rings. The van der Waals surface area contributed by atoms with Crippen LogP contribution in [0.15, 0.2) is 48.8 Å². The van der Waals surface area contributed by atoms with Crippen LogP contribution in [-0.4, -0.2) is 19.7 Å². The largest absolute Gasteiger partial charge is 0.296 e. The lowest BCUT2D eigenvalue weighted by atomic mass is 10.1. The zero-order chi connectivity index (χ0) is 14.2. The number of benzene rings is 1. The van der Waals surface area contributed by atoms with Gasteiger partial charge in [-0.2, -0.15) is 5.10 Å². The van der Waals surface area contributed by atoms with E-state index in [2.05, 4.69) is 44.0 Å². The van der Waals surface area contributed by atoms with Gasteiger partial charge in [0.25, 0.3) is 0 Å². The molecule has 21 heavy (non-hydrogen) atoms. The lowest BCUT2D eigenvalue weighted by molar-refractivity contribution is 0.527. The van der Waals surface area contributed by atoms with E-state index in [-0.39, 0.29) is 0 Å². The third-order valence-electron chi connectivity index (χ3n) is 4.02. The smallest absolute Gasteiger partial charge is 0.195 e. The van der Waals surface area contributed by atoms with Gasteiger partial charge in [0.15, 0.2) is 10.6 Å². The van der Waals surface area contributed by atoms with Crippen molar-refractivity contribution in [1.29, 1.82) is 0 Å². The number of aromatic amines is 1. The first-order chi connectivity index (χ1) is 10.3. The Kier molecular flexibility index (Phi) is 2.93. The van der Waals surface area contributed by atoms with Crippen LogP contribution in [0.4, 0.5) is 0 Å². The van der Waals surface area contributed by atoms with Gasteiger partial charge in [-0.05, 0) is 48.3 Å². The van der Waals surface area contributed by atoms with Gasteiger partial charge in [-0.25, -0.2) is 0 Å². The summed E-state index contributed by atoms with van der Waals surface area (Å²) in [7, 11) is 0. The Hall–Kier alpha value is -2.27. The predicted octanol–water partition coefficient (Wildman–Crippen LogP) is 3.34. The van der Waals surface area contributed by atoms with Crippen molar-refractivity contribution in [1.82, 2.24) is 19.7 Å². The number of H-pyrrole nitrogens is 1. The molecule has 3 aromatic rings. The molecular weight excluding hydrogens is 280 g/mol. The average molecular weight is 294 g/mol. The van der Waals surface area contributed by atoms with Gasteiger partial charge in [-0.1, -0.05) is 24.3 Å². The Labute approximate surface area is 127 Å². The summed E-state index contributed by atoms with van der Waals surface area (Å²) in [5.41, 5.74) is 3.80. The molecule has 1 aromatic carbocycles. The lowest BCUT2D eigenvalue weighted by Gasteiger charge is -2.13. The second-order valence-corrected chi connectivity index (χ2v) is 5.68. The minimum Gasteiger partial charge on any atom is -0.296 e. The molecule has 0 saturated carbocycles. The standard InChI is InChI=1S/C16H14N4S/c21-16-19-18-15(13-6-3-7-17-10-13)20(16)14-8-11-4-1-2-5-12(11)9-14/h1-7,10,14H,8-9H2,(H,19,21). The van der Waals surface area contributed by atoms with Gasteiger partial charge in [-0.3, -0.25) is 14.6 Å². The van der Waals surface area contributed by atoms with E-state index in [4.69, 9.17) is 12.2 Å². The summed E-state index contributed by atoms with van der Waals surface area (Å²) >= 11 is 5.44. The number of fused-ring (bicyclic) bond motifs is 1. The molecule has 0 unspecified atom stereocenters. The maximum Gasteiger partial charge on any atom is 0.195 e. The van der Waals surface area contributed by atoms with Crippen molar-refractivity contribution >= 4 is 12.2 Å². The van der Waals surface area contributed by atoms with Crippen molar-refractivity contribution in [2.24, 2.45) is 0 Å². The molecule has 104 valence electrons. The third-order valence-corrected chi connectivity index (χ3v) is 4.31. The first-order valence-electron chi connectivity index (χ1n) is 6.97. The molecule has 4 nitrogen and oxygen atoms in total. The molecule has 0 amide bonds. The summed E-state index contributed by atoms with van der Waals surface area (Å²) in [5.74, 6) is 0.867. The van der Waals surface area contributed by atoms with Gasteiger partial charge in [0.1, 0.15) is 0 Å². The van der Waals surface area contributed by atoms with Crippen molar-refractivity contribution < 1.29 is 0 Å². The molecule has 2 heterocycles. The van der Waals surface area contributed by atoms with Crippen LogP contribution in [0.1, 0.15) is 17.2 Å². The van der Waals surface area contributed by atoms with E-state index in [1.807, 2.05) is 18.3 Å². The highest BCUT2D eigenvalue weighted by atomic mass is 32.1. The number of rotatable bonds is 2. The van der Waals surface area contributed by atoms with E-state index in [1.165, 1.54) is 11.1 Å². The van der Waals surface area contributed by atoms with E-state index >= 15 is 0 Å². The average Bonchev–Trinajstić information content (AvgIpc) is 3.11. The molecule has 5 heteroatoms. The van der Waals surface area contributed by atoms with Crippen LogP contribution in [0.5, 0.6) is 0 Å². The first-order valence-corrected chi connectivity index (χ1v) is 7.38. The van der Waals surface area contributed by atoms with E-state index < -0.39 is 0 Å². The van der Waals surface area contributed by atoms with Crippen LogP contribution < -0.4 is 0 Å². The van der Waals surface area contributed by atoms with Crippen LogP contribution >= 0.6 is 12.2 Å². The fraction of sp³-hybridized carbons (Fsp3) is 0.188. The molecule has 1 aliphatic carbocycles. The Bertz CT molecular complexity index is 810. The molecule has 1 aliphatic rings. The van der Waals surface area contributed by atoms with Gasteiger partial charge in [0.05, 0.1) is 0 Å². The van der Waals surface area contributed by atoms with Crippen LogP contribution in [-0.2, 0) is 12.8 Å². The SMILES string of the molecule is S=c1[nH]nc(-c2cccnc2)n1C1Cc2ccccc2C1. The van der Waals surface area contributed by atoms with Gasteiger partial charge < -0.3 is 0 Å². The highest BCUT2D eigenvalue weighted by molar-refractivity contribution is 7.71. The molecule has 0 bridgehead atoms. The number of pyridine rings is 1. The molecular formula is C16H14N4S. The summed E-state index contributed by atoms with van der Waals surface area (Å²) < 4.78 is 2.80. The summed E-state index contributed by atoms with van der Waals surface area (Å²) in [4.78, 5) is 4.18. The number of nitrogens with one attached hydrogen (secondary N) is 1. The molecule has 0 saturated heterocycles. The zero-order valence-electron chi connectivity index (χ0n) is 11.4. The molecule has 0 atom stereocenters. The summed E-state index contributed by atoms with van der Waals surface area (Å²) in [6, 6.07) is 12.8. The third kappa shape index (κ3) is 2.10. The Morgan fingerprint density at radius 2 is 1.86 bits per heavy atom. The van der Waals surface area contributed by atoms with Gasteiger partial charge in [0.2, 0.25) is 0 Å². The molecule has 1 N–H and O–H groups in total. The van der Waals surface area contributed by atoms with Crippen molar-refractivity contribution in [3.63, 3.8) is 0 Å². The zero-order valence-corrected chi connectivity index (χ0v) is 12.2. The maximum atomic E-state index is 5.44. The number of nitrogens with zero attached hydrogens (tertiary/aromatic N) is 3. The quantitative estimate of drug-likeness (QED) is 0.737. The van der Waals surface area contributed by atoms with E-state index in [0.717, 1.165) is 24.2 Å².